The van der Waals surface area contributed by atoms with Crippen molar-refractivity contribution in [1.82, 2.24) is 0 Å². The Hall–Kier alpha value is -3.64. The average molecular weight is 450 g/mol. The Morgan fingerprint density at radius 1 is 1.12 bits per heavy atom. The van der Waals surface area contributed by atoms with Crippen LogP contribution < -0.4 is 9.47 Å². The summed E-state index contributed by atoms with van der Waals surface area (Å²) in [6.45, 7) is 1.88. The first kappa shape index (κ1) is 21.6. The summed E-state index contributed by atoms with van der Waals surface area (Å²) in [5, 5.41) is 2.29. The number of carbonyl (C=O) groups is 2. The SMILES string of the molecule is CCCC(=O)Oc1c(Cl)cc(/C=C2\N=C(c3ccc4ccccc4c3)OC2=O)cc1OC. The Morgan fingerprint density at radius 2 is 1.91 bits per heavy atom. The van der Waals surface area contributed by atoms with E-state index in [-0.39, 0.29) is 34.5 Å². The number of aliphatic imine (C=N–C) groups is 1. The zero-order valence-electron chi connectivity index (χ0n) is 17.6. The molecule has 162 valence electrons. The molecule has 7 heteroatoms. The third-order valence-electron chi connectivity index (χ3n) is 4.84. The van der Waals surface area contributed by atoms with E-state index in [1.54, 1.807) is 18.2 Å². The van der Waals surface area contributed by atoms with Crippen LogP contribution in [0.1, 0.15) is 30.9 Å². The van der Waals surface area contributed by atoms with Crippen LogP contribution in [0.2, 0.25) is 5.02 Å². The van der Waals surface area contributed by atoms with Crippen molar-refractivity contribution >= 4 is 46.3 Å². The molecule has 4 rings (SSSR count). The molecule has 0 amide bonds. The average Bonchev–Trinajstić information content (AvgIpc) is 3.15. The first-order valence-corrected chi connectivity index (χ1v) is 10.5. The lowest BCUT2D eigenvalue weighted by Gasteiger charge is -2.11. The summed E-state index contributed by atoms with van der Waals surface area (Å²) in [4.78, 5) is 28.6. The molecule has 0 bridgehead atoms. The van der Waals surface area contributed by atoms with Gasteiger partial charge in [-0.05, 0) is 53.1 Å². The molecule has 3 aromatic carbocycles. The van der Waals surface area contributed by atoms with Crippen LogP contribution >= 0.6 is 11.6 Å². The van der Waals surface area contributed by atoms with Crippen molar-refractivity contribution < 1.29 is 23.8 Å². The van der Waals surface area contributed by atoms with Gasteiger partial charge in [-0.15, -0.1) is 0 Å². The molecule has 3 aromatic rings. The first-order valence-electron chi connectivity index (χ1n) is 10.1. The molecule has 0 aromatic heterocycles. The Kier molecular flexibility index (Phi) is 6.23. The third-order valence-corrected chi connectivity index (χ3v) is 5.12. The van der Waals surface area contributed by atoms with Crippen LogP contribution in [0.5, 0.6) is 11.5 Å². The van der Waals surface area contributed by atoms with E-state index in [0.29, 0.717) is 17.5 Å². The number of nitrogens with zero attached hydrogens (tertiary/aromatic N) is 1. The molecule has 32 heavy (non-hydrogen) atoms. The van der Waals surface area contributed by atoms with E-state index < -0.39 is 11.9 Å². The van der Waals surface area contributed by atoms with Crippen LogP contribution in [-0.2, 0) is 14.3 Å². The number of fused-ring (bicyclic) bond motifs is 1. The van der Waals surface area contributed by atoms with E-state index in [0.717, 1.165) is 10.8 Å². The molecule has 1 aliphatic heterocycles. The number of cyclic esters (lactones) is 1. The highest BCUT2D eigenvalue weighted by Crippen LogP contribution is 2.37. The Morgan fingerprint density at radius 3 is 2.66 bits per heavy atom. The second kappa shape index (κ2) is 9.24. The number of carbonyl (C=O) groups excluding carboxylic acids is 2. The largest absolute Gasteiger partial charge is 0.493 e. The van der Waals surface area contributed by atoms with E-state index in [2.05, 4.69) is 4.99 Å². The van der Waals surface area contributed by atoms with Crippen molar-refractivity contribution in [3.05, 3.63) is 76.4 Å². The van der Waals surface area contributed by atoms with Crippen molar-refractivity contribution in [3.63, 3.8) is 0 Å². The monoisotopic (exact) mass is 449 g/mol. The molecule has 0 aliphatic carbocycles. The van der Waals surface area contributed by atoms with Crippen molar-refractivity contribution in [3.8, 4) is 11.5 Å². The second-order valence-electron chi connectivity index (χ2n) is 7.16. The van der Waals surface area contributed by atoms with Gasteiger partial charge in [-0.3, -0.25) is 4.79 Å². The van der Waals surface area contributed by atoms with E-state index in [9.17, 15) is 9.59 Å². The third kappa shape index (κ3) is 4.50. The van der Waals surface area contributed by atoms with E-state index in [1.165, 1.54) is 7.11 Å². The van der Waals surface area contributed by atoms with Gasteiger partial charge in [-0.1, -0.05) is 48.9 Å². The Balaban J connectivity index is 1.65. The summed E-state index contributed by atoms with van der Waals surface area (Å²) < 4.78 is 16.0. The number of methoxy groups -OCH3 is 1. The number of hydrogen-bond donors (Lipinski definition) is 0. The van der Waals surface area contributed by atoms with Gasteiger partial charge in [-0.2, -0.15) is 0 Å². The molecule has 0 saturated carbocycles. The maximum absolute atomic E-state index is 12.4. The van der Waals surface area contributed by atoms with Gasteiger partial charge in [0, 0.05) is 12.0 Å². The summed E-state index contributed by atoms with van der Waals surface area (Å²) in [5.41, 5.74) is 1.38. The lowest BCUT2D eigenvalue weighted by Crippen LogP contribution is -2.08. The van der Waals surface area contributed by atoms with Gasteiger partial charge >= 0.3 is 11.9 Å². The van der Waals surface area contributed by atoms with Gasteiger partial charge in [-0.25, -0.2) is 9.79 Å². The maximum Gasteiger partial charge on any atom is 0.363 e. The molecule has 0 N–H and O–H groups in total. The molecule has 6 nitrogen and oxygen atoms in total. The molecule has 0 fully saturated rings. The van der Waals surface area contributed by atoms with Crippen molar-refractivity contribution in [2.24, 2.45) is 4.99 Å². The minimum atomic E-state index is -0.568. The van der Waals surface area contributed by atoms with Crippen LogP contribution in [0.4, 0.5) is 0 Å². The summed E-state index contributed by atoms with van der Waals surface area (Å²) in [5.74, 6) is -0.317. The lowest BCUT2D eigenvalue weighted by atomic mass is 10.1. The first-order chi connectivity index (χ1) is 15.5. The summed E-state index contributed by atoms with van der Waals surface area (Å²) >= 11 is 6.32. The van der Waals surface area contributed by atoms with E-state index in [4.69, 9.17) is 25.8 Å². The zero-order chi connectivity index (χ0) is 22.7. The number of esters is 2. The quantitative estimate of drug-likeness (QED) is 0.280. The molecule has 1 heterocycles. The highest BCUT2D eigenvalue weighted by atomic mass is 35.5. The van der Waals surface area contributed by atoms with Gasteiger partial charge in [0.05, 0.1) is 12.1 Å². The predicted molar refractivity (Wildman–Crippen MR) is 123 cm³/mol. The molecule has 0 unspecified atom stereocenters. The number of hydrogen-bond acceptors (Lipinski definition) is 6. The van der Waals surface area contributed by atoms with Gasteiger partial charge in [0.25, 0.3) is 0 Å². The summed E-state index contributed by atoms with van der Waals surface area (Å²) in [7, 11) is 1.44. The lowest BCUT2D eigenvalue weighted by molar-refractivity contribution is -0.134. The smallest absolute Gasteiger partial charge is 0.363 e. The van der Waals surface area contributed by atoms with Crippen molar-refractivity contribution in [2.75, 3.05) is 7.11 Å². The summed E-state index contributed by atoms with van der Waals surface area (Å²) in [6, 6.07) is 16.8. The van der Waals surface area contributed by atoms with Crippen LogP contribution in [0.3, 0.4) is 0 Å². The normalized spacial score (nSPS) is 14.4. The van der Waals surface area contributed by atoms with Crippen LogP contribution in [0, 0.1) is 0 Å². The maximum atomic E-state index is 12.4. The zero-order valence-corrected chi connectivity index (χ0v) is 18.3. The van der Waals surface area contributed by atoms with Crippen LogP contribution in [-0.4, -0.2) is 24.9 Å². The number of ether oxygens (including phenoxy) is 3. The van der Waals surface area contributed by atoms with E-state index in [1.807, 2.05) is 49.4 Å². The van der Waals surface area contributed by atoms with Gasteiger partial charge in [0.15, 0.2) is 17.2 Å². The van der Waals surface area contributed by atoms with Gasteiger partial charge in [0.1, 0.15) is 0 Å². The Labute approximate surface area is 190 Å². The van der Waals surface area contributed by atoms with Crippen molar-refractivity contribution in [1.29, 1.82) is 0 Å². The minimum Gasteiger partial charge on any atom is -0.493 e. The van der Waals surface area contributed by atoms with Gasteiger partial charge in [0.2, 0.25) is 5.90 Å². The fraction of sp³-hybridized carbons (Fsp3) is 0.160. The minimum absolute atomic E-state index is 0.127. The summed E-state index contributed by atoms with van der Waals surface area (Å²) in [6.07, 6.45) is 2.47. The molecule has 0 atom stereocenters. The highest BCUT2D eigenvalue weighted by molar-refractivity contribution is 6.32. The molecule has 0 radical (unpaired) electrons. The van der Waals surface area contributed by atoms with E-state index >= 15 is 0 Å². The standard InChI is InChI=1S/C25H20ClNO5/c1-3-6-22(28)31-23-19(26)11-15(13-21(23)30-2)12-20-25(29)32-24(27-20)18-10-9-16-7-4-5-8-17(16)14-18/h4-5,7-14H,3,6H2,1-2H3/b20-12-. The van der Waals surface area contributed by atoms with Crippen molar-refractivity contribution in [2.45, 2.75) is 19.8 Å². The molecule has 0 spiro atoms. The Bertz CT molecular complexity index is 1280. The topological polar surface area (TPSA) is 74.2 Å². The number of halogens is 1. The number of rotatable bonds is 6. The number of benzene rings is 3. The molecule has 1 aliphatic rings. The second-order valence-corrected chi connectivity index (χ2v) is 7.56. The predicted octanol–water partition coefficient (Wildman–Crippen LogP) is 5.55. The molecular formula is C25H20ClNO5. The fourth-order valence-electron chi connectivity index (χ4n) is 3.30. The van der Waals surface area contributed by atoms with Crippen LogP contribution in [0.15, 0.2) is 65.3 Å². The van der Waals surface area contributed by atoms with Crippen LogP contribution in [0.25, 0.3) is 16.8 Å². The highest BCUT2D eigenvalue weighted by Gasteiger charge is 2.25. The van der Waals surface area contributed by atoms with Gasteiger partial charge < -0.3 is 14.2 Å². The molecule has 0 saturated heterocycles. The molecular weight excluding hydrogens is 430 g/mol. The fourth-order valence-corrected chi connectivity index (χ4v) is 3.56.